The Labute approximate surface area is 385 Å². The molecule has 0 unspecified atom stereocenters. The van der Waals surface area contributed by atoms with Crippen LogP contribution in [0.25, 0.3) is 0 Å². The lowest BCUT2D eigenvalue weighted by atomic mass is 9.99. The van der Waals surface area contributed by atoms with Gasteiger partial charge in [-0.05, 0) is 38.3 Å². The average molecular weight is 891 g/mol. The third kappa shape index (κ3) is 11.7. The average Bonchev–Trinajstić information content (AvgIpc) is 4.04. The van der Waals surface area contributed by atoms with Crippen molar-refractivity contribution < 1.29 is 47.4 Å². The van der Waals surface area contributed by atoms with E-state index in [2.05, 4.69) is 5.16 Å². The van der Waals surface area contributed by atoms with Crippen molar-refractivity contribution in [2.75, 3.05) is 13.2 Å². The first-order chi connectivity index (χ1) is 32.7. The predicted octanol–water partition coefficient (Wildman–Crippen LogP) is 8.96. The summed E-state index contributed by atoms with van der Waals surface area (Å²) in [5.41, 5.74) is 6.14. The molecule has 8 atom stereocenters. The summed E-state index contributed by atoms with van der Waals surface area (Å²) in [6.07, 6.45) is -6.23. The monoisotopic (exact) mass is 890 g/mol. The first-order valence-corrected chi connectivity index (χ1v) is 22.4. The van der Waals surface area contributed by atoms with Crippen LogP contribution in [0, 0.1) is 5.21 Å². The number of aromatic nitrogens is 2. The Morgan fingerprint density at radius 3 is 1.06 bits per heavy atom. The van der Waals surface area contributed by atoms with Gasteiger partial charge in [0.2, 0.25) is 5.69 Å². The van der Waals surface area contributed by atoms with E-state index < -0.39 is 48.8 Å². The van der Waals surface area contributed by atoms with Gasteiger partial charge in [0.15, 0.2) is 12.2 Å². The Kier molecular flexibility index (Phi) is 15.7. The molecular formula is C54H54N2O10. The number of rotatable bonds is 22. The molecule has 0 bridgehead atoms. The SMILES string of the molecule is [O-][n+]1onc([C@@H]2O[C@H](COCc3ccccc3)[C@@H](OCc3ccccc3)[C@H]2OCc2ccccc2)c1[C@@H]1O[C@H](COCc2ccccc2)[C@@H](OCc2ccccc2)[C@H]1OCc1ccccc1. The minimum absolute atomic E-state index is 0.0814. The molecular weight excluding hydrogens is 837 g/mol. The molecule has 0 N–H and O–H groups in total. The maximum atomic E-state index is 14.2. The molecule has 0 aliphatic carbocycles. The largest absolute Gasteiger partial charge is 0.374 e. The van der Waals surface area contributed by atoms with E-state index in [1.165, 1.54) is 0 Å². The van der Waals surface area contributed by atoms with Gasteiger partial charge in [-0.3, -0.25) is 4.63 Å². The summed E-state index contributed by atoms with van der Waals surface area (Å²) in [5.74, 6) is 0. The quantitative estimate of drug-likeness (QED) is 0.0606. The molecule has 66 heavy (non-hydrogen) atoms. The van der Waals surface area contributed by atoms with E-state index in [1.54, 1.807) is 0 Å². The van der Waals surface area contributed by atoms with Crippen molar-refractivity contribution in [1.82, 2.24) is 5.16 Å². The first-order valence-electron chi connectivity index (χ1n) is 22.4. The second kappa shape index (κ2) is 22.9. The molecule has 2 fully saturated rings. The molecule has 2 aliphatic heterocycles. The molecule has 0 radical (unpaired) electrons. The van der Waals surface area contributed by atoms with Crippen LogP contribution in [-0.4, -0.2) is 55.0 Å². The molecule has 2 saturated heterocycles. The Hall–Kier alpha value is -6.06. The summed E-state index contributed by atoms with van der Waals surface area (Å²) < 4.78 is 59.1. The highest BCUT2D eigenvalue weighted by molar-refractivity contribution is 5.22. The van der Waals surface area contributed by atoms with E-state index in [0.29, 0.717) is 18.1 Å². The second-order valence-corrected chi connectivity index (χ2v) is 16.4. The van der Waals surface area contributed by atoms with E-state index in [0.717, 1.165) is 33.4 Å². The molecule has 6 aromatic carbocycles. The van der Waals surface area contributed by atoms with Crippen LogP contribution >= 0.6 is 0 Å². The zero-order chi connectivity index (χ0) is 44.8. The minimum atomic E-state index is -1.03. The minimum Gasteiger partial charge on any atom is -0.374 e. The molecule has 340 valence electrons. The molecule has 0 amide bonds. The van der Waals surface area contributed by atoms with Crippen LogP contribution in [0.2, 0.25) is 0 Å². The summed E-state index contributed by atoms with van der Waals surface area (Å²) in [5, 5.41) is 18.6. The van der Waals surface area contributed by atoms with Gasteiger partial charge < -0.3 is 43.1 Å². The van der Waals surface area contributed by atoms with Crippen LogP contribution in [-0.2, 0) is 77.5 Å². The molecule has 9 rings (SSSR count). The van der Waals surface area contributed by atoms with Gasteiger partial charge >= 0.3 is 0 Å². The van der Waals surface area contributed by atoms with E-state index >= 15 is 0 Å². The van der Waals surface area contributed by atoms with Crippen molar-refractivity contribution in [1.29, 1.82) is 0 Å². The lowest BCUT2D eigenvalue weighted by Crippen LogP contribution is -2.40. The van der Waals surface area contributed by atoms with Crippen molar-refractivity contribution in [3.8, 4) is 0 Å². The lowest BCUT2D eigenvalue weighted by molar-refractivity contribution is -0.810. The Bertz CT molecular complexity index is 2470. The van der Waals surface area contributed by atoms with Crippen molar-refractivity contribution in [3.05, 3.63) is 232 Å². The predicted molar refractivity (Wildman–Crippen MR) is 243 cm³/mol. The Morgan fingerprint density at radius 2 is 0.697 bits per heavy atom. The van der Waals surface area contributed by atoms with Gasteiger partial charge in [-0.2, -0.15) is 0 Å². The van der Waals surface area contributed by atoms with E-state index in [4.69, 9.17) is 42.5 Å². The van der Waals surface area contributed by atoms with Crippen LogP contribution in [0.5, 0.6) is 0 Å². The van der Waals surface area contributed by atoms with Crippen molar-refractivity contribution in [3.63, 3.8) is 0 Å². The molecule has 1 aromatic heterocycles. The van der Waals surface area contributed by atoms with Gasteiger partial charge in [0.1, 0.15) is 36.6 Å². The summed E-state index contributed by atoms with van der Waals surface area (Å²) in [6.45, 7) is 2.01. The van der Waals surface area contributed by atoms with Crippen LogP contribution in [0.15, 0.2) is 187 Å². The fourth-order valence-corrected chi connectivity index (χ4v) is 8.44. The normalized spacial score (nSPS) is 22.7. The molecule has 12 nitrogen and oxygen atoms in total. The zero-order valence-corrected chi connectivity index (χ0v) is 36.6. The Balaban J connectivity index is 1.06. The van der Waals surface area contributed by atoms with Crippen LogP contribution in [0.3, 0.4) is 0 Å². The van der Waals surface area contributed by atoms with Crippen LogP contribution in [0.1, 0.15) is 57.0 Å². The van der Waals surface area contributed by atoms with Gasteiger partial charge in [-0.15, -0.1) is 0 Å². The van der Waals surface area contributed by atoms with Crippen molar-refractivity contribution in [2.24, 2.45) is 0 Å². The van der Waals surface area contributed by atoms with Gasteiger partial charge in [-0.25, -0.2) is 0 Å². The highest BCUT2D eigenvalue weighted by atomic mass is 16.8. The van der Waals surface area contributed by atoms with Crippen LogP contribution < -0.4 is 4.90 Å². The fourth-order valence-electron chi connectivity index (χ4n) is 8.44. The van der Waals surface area contributed by atoms with E-state index in [1.807, 2.05) is 182 Å². The number of nitrogens with zero attached hydrogens (tertiary/aromatic N) is 2. The number of hydrogen-bond donors (Lipinski definition) is 0. The topological polar surface area (TPSA) is 127 Å². The molecule has 3 heterocycles. The van der Waals surface area contributed by atoms with Gasteiger partial charge in [-0.1, -0.05) is 182 Å². The standard InChI is InChI=1S/C54H54N2O10/c57-56-48(52-54(63-36-44-29-17-6-18-30-44)50(61-34-42-25-13-4-14-26-42)46(65-52)38-59-32-40-21-9-2-10-22-40)47(55-66-56)51-53(62-35-43-27-15-5-16-28-43)49(60-33-41-23-11-3-12-24-41)45(64-51)37-58-31-39-19-7-1-8-20-39/h1-30,45-46,49-54H,31-38H2/t45-,46-,49-,50-,51+,52+,53-,54-/m1/s1. The van der Waals surface area contributed by atoms with Gasteiger partial charge in [0.05, 0.1) is 52.9 Å². The number of ether oxygens (including phenoxy) is 8. The van der Waals surface area contributed by atoms with Crippen molar-refractivity contribution in [2.45, 2.75) is 88.5 Å². The van der Waals surface area contributed by atoms with Crippen LogP contribution in [0.4, 0.5) is 0 Å². The third-order valence-electron chi connectivity index (χ3n) is 11.8. The highest BCUT2D eigenvalue weighted by Crippen LogP contribution is 2.44. The Morgan fingerprint density at radius 1 is 0.394 bits per heavy atom. The highest BCUT2D eigenvalue weighted by Gasteiger charge is 2.56. The molecule has 2 aliphatic rings. The smallest absolute Gasteiger partial charge is 0.255 e. The molecule has 0 saturated carbocycles. The van der Waals surface area contributed by atoms with E-state index in [-0.39, 0.29) is 51.0 Å². The molecule has 0 spiro atoms. The molecule has 7 aromatic rings. The summed E-state index contributed by atoms with van der Waals surface area (Å²) >= 11 is 0. The number of hydrogen-bond acceptors (Lipinski definition) is 11. The maximum Gasteiger partial charge on any atom is 0.255 e. The van der Waals surface area contributed by atoms with Gasteiger partial charge in [0.25, 0.3) is 5.69 Å². The zero-order valence-electron chi connectivity index (χ0n) is 36.6. The fraction of sp³-hybridized carbons (Fsp3) is 0.296. The molecule has 12 heteroatoms. The second-order valence-electron chi connectivity index (χ2n) is 16.4. The van der Waals surface area contributed by atoms with Crippen molar-refractivity contribution >= 4 is 0 Å². The lowest BCUT2D eigenvalue weighted by Gasteiger charge is -2.25. The van der Waals surface area contributed by atoms with E-state index in [9.17, 15) is 5.21 Å². The van der Waals surface area contributed by atoms with Gasteiger partial charge in [0, 0.05) is 5.16 Å². The third-order valence-corrected chi connectivity index (χ3v) is 11.8. The maximum absolute atomic E-state index is 14.2. The summed E-state index contributed by atoms with van der Waals surface area (Å²) in [4.78, 5) is 0.386. The summed E-state index contributed by atoms with van der Waals surface area (Å²) in [6, 6.07) is 59.4. The number of benzene rings is 6. The summed E-state index contributed by atoms with van der Waals surface area (Å²) in [7, 11) is 0. The first kappa shape index (κ1) is 45.1.